The minimum Gasteiger partial charge on any atom is -0.369 e. The predicted octanol–water partition coefficient (Wildman–Crippen LogP) is 0.710. The summed E-state index contributed by atoms with van der Waals surface area (Å²) in [6.45, 7) is 4.91. The van der Waals surface area contributed by atoms with E-state index in [1.54, 1.807) is 6.07 Å². The van der Waals surface area contributed by atoms with Crippen LogP contribution in [0.15, 0.2) is 18.2 Å². The molecule has 2 aliphatic rings. The van der Waals surface area contributed by atoms with Crippen LogP contribution in [0.5, 0.6) is 0 Å². The summed E-state index contributed by atoms with van der Waals surface area (Å²) in [6, 6.07) is 5.97. The van der Waals surface area contributed by atoms with Crippen LogP contribution in [0.2, 0.25) is 0 Å². The number of hydrogen-bond acceptors (Lipinski definition) is 4. The van der Waals surface area contributed by atoms with Gasteiger partial charge in [0.15, 0.2) is 0 Å². The van der Waals surface area contributed by atoms with E-state index in [-0.39, 0.29) is 11.8 Å². The van der Waals surface area contributed by atoms with Gasteiger partial charge in [-0.2, -0.15) is 0 Å². The van der Waals surface area contributed by atoms with E-state index in [0.29, 0.717) is 17.2 Å². The van der Waals surface area contributed by atoms with Crippen LogP contribution in [-0.4, -0.2) is 49.4 Å². The summed E-state index contributed by atoms with van der Waals surface area (Å²) in [5.74, 6) is -0.412. The number of hydrogen-bond donors (Lipinski definition) is 1. The Morgan fingerprint density at radius 3 is 2.68 bits per heavy atom. The first-order valence-electron chi connectivity index (χ1n) is 6.52. The van der Waals surface area contributed by atoms with Gasteiger partial charge in [-0.25, -0.2) is 0 Å². The fourth-order valence-corrected chi connectivity index (χ4v) is 2.71. The van der Waals surface area contributed by atoms with Crippen molar-refractivity contribution in [1.82, 2.24) is 10.2 Å². The zero-order valence-electron chi connectivity index (χ0n) is 11.1. The third-order valence-corrected chi connectivity index (χ3v) is 3.81. The van der Waals surface area contributed by atoms with Crippen LogP contribution in [0.4, 0.5) is 5.69 Å². The first kappa shape index (κ1) is 12.2. The van der Waals surface area contributed by atoms with E-state index < -0.39 is 0 Å². The number of fused-ring (bicyclic) bond motifs is 1. The van der Waals surface area contributed by atoms with Gasteiger partial charge in [0, 0.05) is 38.4 Å². The molecule has 0 aromatic heterocycles. The fraction of sp³-hybridized carbons (Fsp3) is 0.429. The molecule has 1 aromatic rings. The maximum Gasteiger partial charge on any atom is 0.261 e. The number of piperazine rings is 1. The number of rotatable bonds is 1. The smallest absolute Gasteiger partial charge is 0.261 e. The van der Waals surface area contributed by atoms with Crippen LogP contribution in [0.1, 0.15) is 27.6 Å². The molecule has 0 saturated carbocycles. The van der Waals surface area contributed by atoms with Crippen molar-refractivity contribution in [2.24, 2.45) is 0 Å². The van der Waals surface area contributed by atoms with Crippen LogP contribution in [0, 0.1) is 0 Å². The summed E-state index contributed by atoms with van der Waals surface area (Å²) < 4.78 is 0. The number of benzene rings is 1. The highest BCUT2D eigenvalue weighted by Gasteiger charge is 2.33. The molecular formula is C14H17N3O2. The molecule has 0 spiro atoms. The van der Waals surface area contributed by atoms with Crippen LogP contribution in [0.3, 0.4) is 0 Å². The molecule has 1 saturated heterocycles. The number of imide groups is 1. The van der Waals surface area contributed by atoms with Crippen LogP contribution >= 0.6 is 0 Å². The maximum atomic E-state index is 12.0. The summed E-state index contributed by atoms with van der Waals surface area (Å²) in [4.78, 5) is 27.2. The van der Waals surface area contributed by atoms with Crippen LogP contribution < -0.4 is 10.2 Å². The second-order valence-electron chi connectivity index (χ2n) is 5.20. The minimum absolute atomic E-state index is 0.204. The van der Waals surface area contributed by atoms with Gasteiger partial charge in [-0.3, -0.25) is 14.5 Å². The molecule has 2 heterocycles. The zero-order valence-corrected chi connectivity index (χ0v) is 11.1. The number of carbonyl (C=O) groups excluding carboxylic acids is 2. The fourth-order valence-electron chi connectivity index (χ4n) is 2.71. The quantitative estimate of drug-likeness (QED) is 0.755. The van der Waals surface area contributed by atoms with Crippen LogP contribution in [0.25, 0.3) is 0 Å². The molecule has 2 amide bonds. The normalized spacial score (nSPS) is 22.9. The van der Waals surface area contributed by atoms with Crippen LogP contribution in [-0.2, 0) is 0 Å². The van der Waals surface area contributed by atoms with E-state index in [0.717, 1.165) is 25.3 Å². The first-order chi connectivity index (χ1) is 9.08. The first-order valence-corrected chi connectivity index (χ1v) is 6.52. The van der Waals surface area contributed by atoms with E-state index >= 15 is 0 Å². The molecule has 19 heavy (non-hydrogen) atoms. The lowest BCUT2D eigenvalue weighted by atomic mass is 10.1. The van der Waals surface area contributed by atoms with E-state index in [1.807, 2.05) is 12.1 Å². The van der Waals surface area contributed by atoms with Gasteiger partial charge in [0.25, 0.3) is 11.8 Å². The van der Waals surface area contributed by atoms with E-state index in [4.69, 9.17) is 0 Å². The third-order valence-electron chi connectivity index (χ3n) is 3.81. The Hall–Kier alpha value is -1.88. The number of carbonyl (C=O) groups is 2. The molecule has 5 heteroatoms. The van der Waals surface area contributed by atoms with Gasteiger partial charge >= 0.3 is 0 Å². The van der Waals surface area contributed by atoms with Gasteiger partial charge in [0.05, 0.1) is 11.1 Å². The average Bonchev–Trinajstić information content (AvgIpc) is 2.64. The molecule has 1 fully saturated rings. The minimum atomic E-state index is -0.208. The second-order valence-corrected chi connectivity index (χ2v) is 5.20. The van der Waals surface area contributed by atoms with Gasteiger partial charge in [-0.15, -0.1) is 0 Å². The molecule has 100 valence electrons. The van der Waals surface area contributed by atoms with Crippen molar-refractivity contribution in [2.45, 2.75) is 13.0 Å². The number of anilines is 1. The average molecular weight is 259 g/mol. The molecule has 0 bridgehead atoms. The Kier molecular flexibility index (Phi) is 2.78. The zero-order chi connectivity index (χ0) is 13.6. The number of nitrogens with zero attached hydrogens (tertiary/aromatic N) is 2. The summed E-state index contributed by atoms with van der Waals surface area (Å²) in [6.07, 6.45) is 0. The van der Waals surface area contributed by atoms with Gasteiger partial charge in [0.1, 0.15) is 0 Å². The van der Waals surface area contributed by atoms with Crippen molar-refractivity contribution < 1.29 is 9.59 Å². The third kappa shape index (κ3) is 1.90. The van der Waals surface area contributed by atoms with Crippen molar-refractivity contribution in [1.29, 1.82) is 0 Å². The van der Waals surface area contributed by atoms with Crippen molar-refractivity contribution in [3.05, 3.63) is 29.3 Å². The highest BCUT2D eigenvalue weighted by molar-refractivity contribution is 6.21. The second kappa shape index (κ2) is 4.35. The van der Waals surface area contributed by atoms with Gasteiger partial charge in [-0.05, 0) is 25.1 Å². The molecule has 2 aliphatic heterocycles. The summed E-state index contributed by atoms with van der Waals surface area (Å²) in [5, 5.41) is 3.39. The summed E-state index contributed by atoms with van der Waals surface area (Å²) >= 11 is 0. The van der Waals surface area contributed by atoms with Gasteiger partial charge < -0.3 is 10.2 Å². The highest BCUT2D eigenvalue weighted by atomic mass is 16.2. The highest BCUT2D eigenvalue weighted by Crippen LogP contribution is 2.27. The lowest BCUT2D eigenvalue weighted by molar-refractivity contribution is 0.0693. The molecule has 5 nitrogen and oxygen atoms in total. The number of amides is 2. The van der Waals surface area contributed by atoms with Crippen molar-refractivity contribution in [3.63, 3.8) is 0 Å². The Morgan fingerprint density at radius 1 is 1.21 bits per heavy atom. The molecule has 1 atom stereocenters. The lowest BCUT2D eigenvalue weighted by Gasteiger charge is -2.33. The maximum absolute atomic E-state index is 12.0. The molecule has 1 unspecified atom stereocenters. The molecule has 1 N–H and O–H groups in total. The molecular weight excluding hydrogens is 242 g/mol. The Bertz CT molecular complexity index is 556. The largest absolute Gasteiger partial charge is 0.369 e. The summed E-state index contributed by atoms with van der Waals surface area (Å²) in [7, 11) is 1.53. The lowest BCUT2D eigenvalue weighted by Crippen LogP contribution is -2.49. The van der Waals surface area contributed by atoms with Crippen molar-refractivity contribution in [2.75, 3.05) is 31.6 Å². The van der Waals surface area contributed by atoms with Gasteiger partial charge in [-0.1, -0.05) is 0 Å². The van der Waals surface area contributed by atoms with E-state index in [9.17, 15) is 9.59 Å². The van der Waals surface area contributed by atoms with Crippen molar-refractivity contribution in [3.8, 4) is 0 Å². The predicted molar refractivity (Wildman–Crippen MR) is 72.5 cm³/mol. The SMILES string of the molecule is CC1CN(c2ccc3c(c2)C(=O)N(C)C3=O)CCN1. The molecule has 3 rings (SSSR count). The van der Waals surface area contributed by atoms with Crippen molar-refractivity contribution >= 4 is 17.5 Å². The van der Waals surface area contributed by atoms with Gasteiger partial charge in [0.2, 0.25) is 0 Å². The standard InChI is InChI=1S/C14H17N3O2/c1-9-8-17(6-5-15-9)10-3-4-11-12(7-10)14(19)16(2)13(11)18/h3-4,7,9,15H,5-6,8H2,1-2H3. The van der Waals surface area contributed by atoms with E-state index in [2.05, 4.69) is 17.1 Å². The Labute approximate surface area is 112 Å². The monoisotopic (exact) mass is 259 g/mol. The molecule has 0 aliphatic carbocycles. The Balaban J connectivity index is 1.94. The topological polar surface area (TPSA) is 52.7 Å². The Morgan fingerprint density at radius 2 is 1.95 bits per heavy atom. The molecule has 1 aromatic carbocycles. The summed E-state index contributed by atoms with van der Waals surface area (Å²) in [5.41, 5.74) is 2.05. The number of nitrogens with one attached hydrogen (secondary N) is 1. The van der Waals surface area contributed by atoms with E-state index in [1.165, 1.54) is 11.9 Å². The molecule has 0 radical (unpaired) electrons.